The van der Waals surface area contributed by atoms with Crippen molar-refractivity contribution in [1.29, 1.82) is 0 Å². The minimum absolute atomic E-state index is 0. The molecule has 0 fully saturated rings. The molecule has 5 nitrogen and oxygen atoms in total. The highest BCUT2D eigenvalue weighted by Gasteiger charge is 2.08. The van der Waals surface area contributed by atoms with Crippen molar-refractivity contribution in [3.8, 4) is 0 Å². The summed E-state index contributed by atoms with van der Waals surface area (Å²) in [5.41, 5.74) is 2.66. The Morgan fingerprint density at radius 3 is 2.33 bits per heavy atom. The van der Waals surface area contributed by atoms with Crippen LogP contribution in [0.2, 0.25) is 0 Å². The first-order valence-corrected chi connectivity index (χ1v) is 9.69. The molecule has 0 amide bonds. The first-order chi connectivity index (χ1) is 12.6. The molecule has 0 saturated heterocycles. The molecule has 1 aromatic carbocycles. The first kappa shape index (κ1) is 26.1. The number of unbranched alkanes of at least 4 members (excludes halogenated alkanes) is 1. The Morgan fingerprint density at radius 1 is 1.04 bits per heavy atom. The number of hydrogen-bond acceptors (Lipinski definition) is 3. The van der Waals surface area contributed by atoms with Crippen LogP contribution in [-0.4, -0.2) is 46.5 Å². The molecule has 1 unspecified atom stereocenters. The van der Waals surface area contributed by atoms with Gasteiger partial charge in [-0.25, -0.2) is 0 Å². The second kappa shape index (κ2) is 16.1. The van der Waals surface area contributed by atoms with Crippen LogP contribution >= 0.6 is 24.0 Å². The smallest absolute Gasteiger partial charge is 0.191 e. The Kier molecular flexibility index (Phi) is 15.6. The lowest BCUT2D eigenvalue weighted by Gasteiger charge is -2.19. The van der Waals surface area contributed by atoms with Crippen LogP contribution in [0.25, 0.3) is 0 Å². The monoisotopic (exact) mass is 491 g/mol. The number of guanidine groups is 1. The Morgan fingerprint density at radius 2 is 1.74 bits per heavy atom. The minimum Gasteiger partial charge on any atom is -0.382 e. The second-order valence-corrected chi connectivity index (χ2v) is 7.02. The Bertz CT molecular complexity index is 507. The van der Waals surface area contributed by atoms with E-state index in [1.165, 1.54) is 11.1 Å². The second-order valence-electron chi connectivity index (χ2n) is 7.02. The molecule has 0 aliphatic rings. The first-order valence-electron chi connectivity index (χ1n) is 9.69. The molecule has 0 radical (unpaired) electrons. The summed E-state index contributed by atoms with van der Waals surface area (Å²) in [4.78, 5) is 4.32. The van der Waals surface area contributed by atoms with Gasteiger partial charge in [0, 0.05) is 27.3 Å². The van der Waals surface area contributed by atoms with Crippen LogP contribution in [0, 0.1) is 5.92 Å². The molecule has 27 heavy (non-hydrogen) atoms. The van der Waals surface area contributed by atoms with Gasteiger partial charge in [0.25, 0.3) is 0 Å². The maximum atomic E-state index is 5.46. The normalized spacial score (nSPS) is 12.6. The van der Waals surface area contributed by atoms with Crippen molar-refractivity contribution in [3.63, 3.8) is 0 Å². The summed E-state index contributed by atoms with van der Waals surface area (Å²) >= 11 is 0. The number of nitrogens with one attached hydrogen (secondary N) is 2. The molecule has 0 heterocycles. The zero-order valence-electron chi connectivity index (χ0n) is 17.6. The molecule has 2 N–H and O–H groups in total. The molecule has 0 aliphatic heterocycles. The van der Waals surface area contributed by atoms with E-state index in [1.807, 2.05) is 7.05 Å². The van der Waals surface area contributed by atoms with Crippen molar-refractivity contribution in [3.05, 3.63) is 35.4 Å². The van der Waals surface area contributed by atoms with E-state index in [4.69, 9.17) is 9.47 Å². The fourth-order valence-electron chi connectivity index (χ4n) is 2.68. The van der Waals surface area contributed by atoms with Crippen LogP contribution in [0.5, 0.6) is 0 Å². The van der Waals surface area contributed by atoms with Gasteiger partial charge in [-0.1, -0.05) is 38.1 Å². The fourth-order valence-corrected chi connectivity index (χ4v) is 2.68. The number of halogens is 1. The lowest BCUT2D eigenvalue weighted by Crippen LogP contribution is -2.39. The summed E-state index contributed by atoms with van der Waals surface area (Å²) in [6.45, 7) is 9.64. The summed E-state index contributed by atoms with van der Waals surface area (Å²) in [6, 6.07) is 9.09. The van der Waals surface area contributed by atoms with E-state index < -0.39 is 0 Å². The van der Waals surface area contributed by atoms with E-state index in [0.29, 0.717) is 19.1 Å². The van der Waals surface area contributed by atoms with Gasteiger partial charge < -0.3 is 20.1 Å². The van der Waals surface area contributed by atoms with E-state index >= 15 is 0 Å². The summed E-state index contributed by atoms with van der Waals surface area (Å²) < 4.78 is 10.4. The molecule has 0 spiro atoms. The molecular formula is C21H38IN3O2. The molecule has 156 valence electrons. The van der Waals surface area contributed by atoms with Gasteiger partial charge in [0.15, 0.2) is 5.96 Å². The van der Waals surface area contributed by atoms with E-state index in [1.54, 1.807) is 7.11 Å². The lowest BCUT2D eigenvalue weighted by atomic mass is 10.00. The van der Waals surface area contributed by atoms with E-state index in [2.05, 4.69) is 60.7 Å². The third-order valence-electron chi connectivity index (χ3n) is 4.14. The molecule has 0 aliphatic carbocycles. The summed E-state index contributed by atoms with van der Waals surface area (Å²) in [6.07, 6.45) is 3.20. The number of ether oxygens (including phenoxy) is 2. The maximum absolute atomic E-state index is 5.46. The van der Waals surface area contributed by atoms with E-state index in [-0.39, 0.29) is 30.0 Å². The van der Waals surface area contributed by atoms with Gasteiger partial charge in [0.2, 0.25) is 0 Å². The highest BCUT2D eigenvalue weighted by Crippen LogP contribution is 2.15. The molecule has 0 bridgehead atoms. The van der Waals surface area contributed by atoms with Crippen molar-refractivity contribution in [2.24, 2.45) is 10.9 Å². The average molecular weight is 491 g/mol. The number of benzene rings is 1. The predicted molar refractivity (Wildman–Crippen MR) is 125 cm³/mol. The topological polar surface area (TPSA) is 54.9 Å². The largest absolute Gasteiger partial charge is 0.382 e. The van der Waals surface area contributed by atoms with Gasteiger partial charge in [-0.15, -0.1) is 24.0 Å². The van der Waals surface area contributed by atoms with Crippen LogP contribution in [0.1, 0.15) is 50.8 Å². The van der Waals surface area contributed by atoms with Crippen molar-refractivity contribution in [2.75, 3.05) is 40.5 Å². The number of methoxy groups -OCH3 is 1. The van der Waals surface area contributed by atoms with Gasteiger partial charge in [0.05, 0.1) is 19.3 Å². The molecule has 1 aromatic rings. The van der Waals surface area contributed by atoms with Crippen molar-refractivity contribution >= 4 is 29.9 Å². The highest BCUT2D eigenvalue weighted by atomic mass is 127. The number of hydrogen-bond donors (Lipinski definition) is 2. The zero-order chi connectivity index (χ0) is 19.2. The van der Waals surface area contributed by atoms with Crippen LogP contribution < -0.4 is 10.6 Å². The highest BCUT2D eigenvalue weighted by molar-refractivity contribution is 14.0. The number of aliphatic imine (C=N–C) groups is 1. The molecule has 1 rings (SSSR count). The molecule has 0 saturated carbocycles. The maximum Gasteiger partial charge on any atom is 0.191 e. The van der Waals surface area contributed by atoms with E-state index in [0.717, 1.165) is 38.4 Å². The molecule has 1 atom stereocenters. The van der Waals surface area contributed by atoms with Crippen molar-refractivity contribution in [1.82, 2.24) is 10.6 Å². The quantitative estimate of drug-likeness (QED) is 0.200. The summed E-state index contributed by atoms with van der Waals surface area (Å²) in [7, 11) is 3.49. The number of nitrogens with zero attached hydrogens (tertiary/aromatic N) is 1. The third-order valence-corrected chi connectivity index (χ3v) is 4.14. The SMILES string of the molecule is CN=C(NCCCCOCCOC)NC(C)c1ccc(CC(C)C)cc1.I. The molecule has 0 aromatic heterocycles. The van der Waals surface area contributed by atoms with Crippen LogP contribution in [0.3, 0.4) is 0 Å². The lowest BCUT2D eigenvalue weighted by molar-refractivity contribution is 0.0689. The minimum atomic E-state index is 0. The van der Waals surface area contributed by atoms with Crippen LogP contribution in [-0.2, 0) is 15.9 Å². The molecule has 6 heteroatoms. The van der Waals surface area contributed by atoms with Gasteiger partial charge in [0.1, 0.15) is 0 Å². The Hall–Kier alpha value is -0.860. The van der Waals surface area contributed by atoms with Gasteiger partial charge in [-0.2, -0.15) is 0 Å². The number of rotatable bonds is 12. The van der Waals surface area contributed by atoms with Gasteiger partial charge in [-0.3, -0.25) is 4.99 Å². The van der Waals surface area contributed by atoms with Crippen molar-refractivity contribution < 1.29 is 9.47 Å². The average Bonchev–Trinajstić information content (AvgIpc) is 2.62. The Balaban J connectivity index is 0.00000676. The summed E-state index contributed by atoms with van der Waals surface area (Å²) in [5, 5.41) is 6.82. The van der Waals surface area contributed by atoms with E-state index in [9.17, 15) is 0 Å². The Labute approximate surface area is 182 Å². The van der Waals surface area contributed by atoms with Crippen LogP contribution in [0.15, 0.2) is 29.3 Å². The van der Waals surface area contributed by atoms with Gasteiger partial charge >= 0.3 is 0 Å². The summed E-state index contributed by atoms with van der Waals surface area (Å²) in [5.74, 6) is 1.52. The fraction of sp³-hybridized carbons (Fsp3) is 0.667. The van der Waals surface area contributed by atoms with Crippen LogP contribution in [0.4, 0.5) is 0 Å². The third kappa shape index (κ3) is 12.3. The zero-order valence-corrected chi connectivity index (χ0v) is 19.9. The predicted octanol–water partition coefficient (Wildman–Crippen LogP) is 4.17. The van der Waals surface area contributed by atoms with Gasteiger partial charge in [-0.05, 0) is 43.2 Å². The standard InChI is InChI=1S/C21H37N3O2.HI/c1-17(2)16-19-8-10-20(11-9-19)18(3)24-21(22-4)23-12-6-7-13-26-15-14-25-5;/h8-11,17-18H,6-7,12-16H2,1-5H3,(H2,22,23,24);1H. The van der Waals surface area contributed by atoms with Crippen molar-refractivity contribution in [2.45, 2.75) is 46.1 Å². The molecular weight excluding hydrogens is 453 g/mol.